The molecule has 1 heterocycles. The van der Waals surface area contributed by atoms with Crippen LogP contribution in [0.3, 0.4) is 0 Å². The minimum absolute atomic E-state index is 0.0469. The molecular weight excluding hydrogens is 198 g/mol. The van der Waals surface area contributed by atoms with E-state index in [9.17, 15) is 8.42 Å². The molecule has 0 amide bonds. The van der Waals surface area contributed by atoms with E-state index in [0.29, 0.717) is 0 Å². The normalized spacial score (nSPS) is 11.3. The Morgan fingerprint density at radius 3 is 3.00 bits per heavy atom. The molecule has 0 fully saturated rings. The molecule has 66 valence electrons. The Morgan fingerprint density at radius 1 is 1.75 bits per heavy atom. The zero-order chi connectivity index (χ0) is 9.03. The Labute approximate surface area is 74.3 Å². The highest BCUT2D eigenvalue weighted by Gasteiger charge is 2.15. The van der Waals surface area contributed by atoms with E-state index in [4.69, 9.17) is 0 Å². The maximum absolute atomic E-state index is 11.2. The summed E-state index contributed by atoms with van der Waals surface area (Å²) in [6.07, 6.45) is 1.46. The van der Waals surface area contributed by atoms with Gasteiger partial charge in [-0.05, 0) is 11.5 Å². The number of aromatic nitrogens is 2. The van der Waals surface area contributed by atoms with Gasteiger partial charge in [-0.25, -0.2) is 13.1 Å². The molecule has 0 bridgehead atoms. The van der Waals surface area contributed by atoms with Gasteiger partial charge >= 0.3 is 0 Å². The second-order valence-electron chi connectivity index (χ2n) is 1.88. The second kappa shape index (κ2) is 3.74. The lowest BCUT2D eigenvalue weighted by Crippen LogP contribution is -2.23. The van der Waals surface area contributed by atoms with Crippen molar-refractivity contribution in [3.63, 3.8) is 0 Å². The fraction of sp³-hybridized carbons (Fsp3) is 0.200. The molecule has 1 aromatic rings. The summed E-state index contributed by atoms with van der Waals surface area (Å²) >= 11 is 0.994. The lowest BCUT2D eigenvalue weighted by molar-refractivity contribution is 0.581. The molecule has 0 atom stereocenters. The van der Waals surface area contributed by atoms with Crippen molar-refractivity contribution in [2.24, 2.45) is 0 Å². The minimum atomic E-state index is -3.46. The van der Waals surface area contributed by atoms with E-state index in [1.807, 2.05) is 0 Å². The van der Waals surface area contributed by atoms with Crippen molar-refractivity contribution in [1.82, 2.24) is 14.3 Å². The van der Waals surface area contributed by atoms with Crippen molar-refractivity contribution >= 4 is 21.6 Å². The lowest BCUT2D eigenvalue weighted by atomic mass is 10.7. The Bertz CT molecular complexity index is 343. The lowest BCUT2D eigenvalue weighted by Gasteiger charge is -1.97. The number of hydrogen-bond acceptors (Lipinski definition) is 5. The van der Waals surface area contributed by atoms with Crippen LogP contribution in [0.2, 0.25) is 0 Å². The maximum atomic E-state index is 11.2. The molecule has 7 heteroatoms. The summed E-state index contributed by atoms with van der Waals surface area (Å²) in [7, 11) is -3.46. The van der Waals surface area contributed by atoms with Crippen LogP contribution in [-0.2, 0) is 10.0 Å². The quantitative estimate of drug-likeness (QED) is 0.702. The van der Waals surface area contributed by atoms with Crippen LogP contribution in [0.5, 0.6) is 0 Å². The molecule has 0 aromatic carbocycles. The molecule has 0 aliphatic carbocycles. The Morgan fingerprint density at radius 2 is 2.50 bits per heavy atom. The summed E-state index contributed by atoms with van der Waals surface area (Å²) in [6, 6.07) is 0. The van der Waals surface area contributed by atoms with Crippen LogP contribution >= 0.6 is 11.5 Å². The van der Waals surface area contributed by atoms with Gasteiger partial charge in [-0.2, -0.15) is 0 Å². The summed E-state index contributed by atoms with van der Waals surface area (Å²) < 4.78 is 28.1. The molecule has 1 N–H and O–H groups in total. The van der Waals surface area contributed by atoms with Crippen LogP contribution in [0.4, 0.5) is 0 Å². The molecule has 0 unspecified atom stereocenters. The van der Waals surface area contributed by atoms with Gasteiger partial charge in [-0.3, -0.25) is 0 Å². The van der Waals surface area contributed by atoms with Crippen LogP contribution < -0.4 is 4.72 Å². The molecule has 12 heavy (non-hydrogen) atoms. The van der Waals surface area contributed by atoms with Crippen LogP contribution in [0.25, 0.3) is 0 Å². The third-order valence-electron chi connectivity index (χ3n) is 1.03. The summed E-state index contributed by atoms with van der Waals surface area (Å²) in [5.74, 6) is 0. The molecule has 1 aromatic heterocycles. The van der Waals surface area contributed by atoms with Crippen molar-refractivity contribution in [2.75, 3.05) is 6.54 Å². The smallest absolute Gasteiger partial charge is 0.206 e. The molecule has 0 saturated heterocycles. The van der Waals surface area contributed by atoms with Gasteiger partial charge < -0.3 is 0 Å². The summed E-state index contributed by atoms with van der Waals surface area (Å²) in [5, 5.41) is 4.74. The zero-order valence-corrected chi connectivity index (χ0v) is 7.73. The largest absolute Gasteiger partial charge is 0.261 e. The van der Waals surface area contributed by atoms with E-state index in [2.05, 4.69) is 20.9 Å². The number of sulfonamides is 1. The first-order chi connectivity index (χ1) is 5.67. The molecule has 5 nitrogen and oxygen atoms in total. The maximum Gasteiger partial charge on any atom is 0.261 e. The third-order valence-corrected chi connectivity index (χ3v) is 2.98. The topological polar surface area (TPSA) is 72.0 Å². The fourth-order valence-electron chi connectivity index (χ4n) is 0.516. The number of hydrogen-bond donors (Lipinski definition) is 1. The molecule has 0 spiro atoms. The van der Waals surface area contributed by atoms with Gasteiger partial charge in [0.05, 0.1) is 5.38 Å². The summed E-state index contributed by atoms with van der Waals surface area (Å²) in [6.45, 7) is 3.58. The number of rotatable bonds is 4. The van der Waals surface area contributed by atoms with Crippen molar-refractivity contribution < 1.29 is 8.42 Å². The van der Waals surface area contributed by atoms with Gasteiger partial charge in [0.1, 0.15) is 0 Å². The first-order valence-corrected chi connectivity index (χ1v) is 5.36. The van der Waals surface area contributed by atoms with Crippen molar-refractivity contribution in [2.45, 2.75) is 5.03 Å². The van der Waals surface area contributed by atoms with E-state index in [0.717, 1.165) is 11.5 Å². The third kappa shape index (κ3) is 2.10. The number of nitrogens with one attached hydrogen (secondary N) is 1. The van der Waals surface area contributed by atoms with Crippen molar-refractivity contribution in [1.29, 1.82) is 0 Å². The highest BCUT2D eigenvalue weighted by molar-refractivity contribution is 7.89. The van der Waals surface area contributed by atoms with Gasteiger partial charge in [0.25, 0.3) is 10.0 Å². The summed E-state index contributed by atoms with van der Waals surface area (Å²) in [5.41, 5.74) is 0. The predicted octanol–water partition coefficient (Wildman–Crippen LogP) is 0.00240. The molecule has 0 aliphatic heterocycles. The Kier molecular flexibility index (Phi) is 2.90. The van der Waals surface area contributed by atoms with Crippen LogP contribution in [0.15, 0.2) is 23.1 Å². The molecule has 1 rings (SSSR count). The Hall–Kier alpha value is -0.790. The monoisotopic (exact) mass is 205 g/mol. The molecule has 0 aliphatic rings. The van der Waals surface area contributed by atoms with E-state index < -0.39 is 10.0 Å². The highest BCUT2D eigenvalue weighted by Crippen LogP contribution is 2.04. The molecule has 0 saturated carbocycles. The fourth-order valence-corrected chi connectivity index (χ4v) is 2.16. The second-order valence-corrected chi connectivity index (χ2v) is 4.21. The van der Waals surface area contributed by atoms with Crippen molar-refractivity contribution in [3.8, 4) is 0 Å². The van der Waals surface area contributed by atoms with E-state index in [1.165, 1.54) is 11.5 Å². The highest BCUT2D eigenvalue weighted by atomic mass is 32.2. The average Bonchev–Trinajstić information content (AvgIpc) is 2.53. The standard InChI is InChI=1S/C5H7N3O2S2/c1-2-3-6-12(9,10)5-4-11-8-7-5/h2,4,6H,1,3H2. The average molecular weight is 205 g/mol. The van der Waals surface area contributed by atoms with E-state index in [-0.39, 0.29) is 11.6 Å². The van der Waals surface area contributed by atoms with Crippen molar-refractivity contribution in [3.05, 3.63) is 18.0 Å². The molecular formula is C5H7N3O2S2. The minimum Gasteiger partial charge on any atom is -0.206 e. The van der Waals surface area contributed by atoms with Crippen LogP contribution in [-0.4, -0.2) is 24.5 Å². The predicted molar refractivity (Wildman–Crippen MR) is 45.3 cm³/mol. The van der Waals surface area contributed by atoms with Gasteiger partial charge in [-0.15, -0.1) is 11.7 Å². The van der Waals surface area contributed by atoms with Crippen LogP contribution in [0.1, 0.15) is 0 Å². The summed E-state index contributed by atoms with van der Waals surface area (Å²) in [4.78, 5) is 0. The Balaban J connectivity index is 2.80. The van der Waals surface area contributed by atoms with Gasteiger partial charge in [0.15, 0.2) is 0 Å². The molecule has 0 radical (unpaired) electrons. The van der Waals surface area contributed by atoms with Crippen LogP contribution in [0, 0.1) is 0 Å². The zero-order valence-electron chi connectivity index (χ0n) is 6.10. The van der Waals surface area contributed by atoms with E-state index in [1.54, 1.807) is 0 Å². The first-order valence-electron chi connectivity index (χ1n) is 3.04. The van der Waals surface area contributed by atoms with Gasteiger partial charge in [0.2, 0.25) is 5.03 Å². The van der Waals surface area contributed by atoms with Gasteiger partial charge in [0, 0.05) is 6.54 Å². The van der Waals surface area contributed by atoms with Gasteiger partial charge in [-0.1, -0.05) is 10.6 Å². The number of nitrogens with zero attached hydrogens (tertiary/aromatic N) is 2. The SMILES string of the molecule is C=CCNS(=O)(=O)c1csnn1. The first kappa shape index (κ1) is 9.30. The van der Waals surface area contributed by atoms with E-state index >= 15 is 0 Å².